The zero-order chi connectivity index (χ0) is 23.0. The molecular formula is C25H31N5O2. The summed E-state index contributed by atoms with van der Waals surface area (Å²) in [6.45, 7) is 10.2. The molecule has 1 aromatic carbocycles. The van der Waals surface area contributed by atoms with E-state index in [4.69, 9.17) is 4.98 Å². The molecule has 0 saturated carbocycles. The van der Waals surface area contributed by atoms with Gasteiger partial charge in [0.1, 0.15) is 0 Å². The molecule has 0 N–H and O–H groups in total. The summed E-state index contributed by atoms with van der Waals surface area (Å²) in [5.74, 6) is 0.209. The van der Waals surface area contributed by atoms with Crippen molar-refractivity contribution >= 4 is 22.8 Å². The molecule has 3 heterocycles. The minimum Gasteiger partial charge on any atom is -0.335 e. The van der Waals surface area contributed by atoms with Crippen LogP contribution in [0.2, 0.25) is 0 Å². The van der Waals surface area contributed by atoms with Crippen LogP contribution in [0.5, 0.6) is 0 Å². The summed E-state index contributed by atoms with van der Waals surface area (Å²) in [4.78, 5) is 34.8. The molecule has 168 valence electrons. The lowest BCUT2D eigenvalue weighted by atomic mass is 10.0. The Morgan fingerprint density at radius 1 is 1.00 bits per heavy atom. The fraction of sp³-hybridized carbons (Fsp3) is 0.440. The highest BCUT2D eigenvalue weighted by Gasteiger charge is 2.28. The van der Waals surface area contributed by atoms with Crippen LogP contribution in [0.25, 0.3) is 11.0 Å². The van der Waals surface area contributed by atoms with E-state index in [2.05, 4.69) is 25.9 Å². The van der Waals surface area contributed by atoms with Crippen LogP contribution in [-0.2, 0) is 13.5 Å². The molecule has 1 aliphatic rings. The second kappa shape index (κ2) is 8.73. The third-order valence-corrected chi connectivity index (χ3v) is 6.27. The Hall–Kier alpha value is -3.22. The predicted molar refractivity (Wildman–Crippen MR) is 125 cm³/mol. The number of hydrogen-bond donors (Lipinski definition) is 0. The van der Waals surface area contributed by atoms with Crippen molar-refractivity contribution in [2.75, 3.05) is 26.2 Å². The third-order valence-electron chi connectivity index (χ3n) is 6.27. The molecule has 0 bridgehead atoms. The van der Waals surface area contributed by atoms with Gasteiger partial charge in [-0.1, -0.05) is 32.9 Å². The monoisotopic (exact) mass is 433 g/mol. The summed E-state index contributed by atoms with van der Waals surface area (Å²) < 4.78 is 1.74. The first-order valence-corrected chi connectivity index (χ1v) is 11.3. The van der Waals surface area contributed by atoms with Crippen molar-refractivity contribution in [3.8, 4) is 0 Å². The van der Waals surface area contributed by atoms with Crippen LogP contribution in [0.3, 0.4) is 0 Å². The van der Waals surface area contributed by atoms with Crippen molar-refractivity contribution in [3.63, 3.8) is 0 Å². The number of amides is 2. The number of aromatic nitrogens is 3. The van der Waals surface area contributed by atoms with Crippen molar-refractivity contribution in [1.82, 2.24) is 24.6 Å². The fourth-order valence-corrected chi connectivity index (χ4v) is 4.28. The Labute approximate surface area is 189 Å². The summed E-state index contributed by atoms with van der Waals surface area (Å²) in [6, 6.07) is 9.71. The van der Waals surface area contributed by atoms with E-state index in [0.29, 0.717) is 37.3 Å². The largest absolute Gasteiger partial charge is 0.335 e. The van der Waals surface area contributed by atoms with Crippen molar-refractivity contribution < 1.29 is 9.59 Å². The van der Waals surface area contributed by atoms with Gasteiger partial charge in [0.15, 0.2) is 5.65 Å². The summed E-state index contributed by atoms with van der Waals surface area (Å²) >= 11 is 0. The topological polar surface area (TPSA) is 71.3 Å². The number of pyridine rings is 1. The van der Waals surface area contributed by atoms with Crippen molar-refractivity contribution in [2.24, 2.45) is 7.05 Å². The average molecular weight is 434 g/mol. The normalized spacial score (nSPS) is 14.4. The van der Waals surface area contributed by atoms with Gasteiger partial charge in [-0.25, -0.2) is 4.98 Å². The van der Waals surface area contributed by atoms with Gasteiger partial charge in [-0.15, -0.1) is 0 Å². The minimum absolute atomic E-state index is 0.0187. The molecule has 0 unspecified atom stereocenters. The molecule has 0 radical (unpaired) electrons. The van der Waals surface area contributed by atoms with Gasteiger partial charge in [0, 0.05) is 44.5 Å². The molecule has 2 aromatic heterocycles. The molecule has 2 amide bonds. The molecule has 0 atom stereocenters. The Kier molecular flexibility index (Phi) is 6.00. The quantitative estimate of drug-likeness (QED) is 0.631. The number of piperazine rings is 1. The maximum atomic E-state index is 13.5. The van der Waals surface area contributed by atoms with Crippen LogP contribution in [0.15, 0.2) is 30.3 Å². The zero-order valence-corrected chi connectivity index (χ0v) is 19.6. The average Bonchev–Trinajstić information content (AvgIpc) is 3.11. The second-order valence-electron chi connectivity index (χ2n) is 8.79. The highest BCUT2D eigenvalue weighted by Crippen LogP contribution is 2.26. The first-order chi connectivity index (χ1) is 15.3. The Morgan fingerprint density at radius 2 is 1.59 bits per heavy atom. The standard InChI is InChI=1S/C25H31N5O2/c1-6-18-7-9-19(10-8-18)24(31)29-11-13-30(14-12-29)25(32)20-15-21(16(2)3)26-23-22(20)17(4)27-28(23)5/h7-10,15-16H,6,11-14H2,1-5H3. The maximum absolute atomic E-state index is 13.5. The Balaban J connectivity index is 1.53. The van der Waals surface area contributed by atoms with E-state index in [1.54, 1.807) is 4.68 Å². The minimum atomic E-state index is -0.0187. The fourth-order valence-electron chi connectivity index (χ4n) is 4.28. The van der Waals surface area contributed by atoms with E-state index in [0.717, 1.165) is 28.8 Å². The van der Waals surface area contributed by atoms with Gasteiger partial charge in [0.2, 0.25) is 0 Å². The summed E-state index contributed by atoms with van der Waals surface area (Å²) in [6.07, 6.45) is 0.951. The number of benzene rings is 1. The molecule has 32 heavy (non-hydrogen) atoms. The number of carbonyl (C=O) groups is 2. The van der Waals surface area contributed by atoms with Gasteiger partial charge in [-0.2, -0.15) is 5.10 Å². The number of fused-ring (bicyclic) bond motifs is 1. The zero-order valence-electron chi connectivity index (χ0n) is 19.6. The molecule has 4 rings (SSSR count). The van der Waals surface area contributed by atoms with Crippen molar-refractivity contribution in [1.29, 1.82) is 0 Å². The van der Waals surface area contributed by atoms with Crippen LogP contribution in [0.4, 0.5) is 0 Å². The maximum Gasteiger partial charge on any atom is 0.254 e. The molecule has 3 aromatic rings. The number of rotatable bonds is 4. The lowest BCUT2D eigenvalue weighted by Gasteiger charge is -2.35. The first kappa shape index (κ1) is 22.0. The molecule has 1 saturated heterocycles. The molecule has 1 fully saturated rings. The van der Waals surface area contributed by atoms with Gasteiger partial charge in [0.25, 0.3) is 11.8 Å². The predicted octanol–water partition coefficient (Wildman–Crippen LogP) is 3.56. The van der Waals surface area contributed by atoms with E-state index in [-0.39, 0.29) is 17.7 Å². The van der Waals surface area contributed by atoms with Crippen LogP contribution in [-0.4, -0.2) is 62.6 Å². The Morgan fingerprint density at radius 3 is 2.16 bits per heavy atom. The van der Waals surface area contributed by atoms with Gasteiger partial charge in [-0.3, -0.25) is 14.3 Å². The number of nitrogens with zero attached hydrogens (tertiary/aromatic N) is 5. The van der Waals surface area contributed by atoms with Crippen LogP contribution in [0, 0.1) is 6.92 Å². The van der Waals surface area contributed by atoms with E-state index in [1.165, 1.54) is 5.56 Å². The van der Waals surface area contributed by atoms with Gasteiger partial charge >= 0.3 is 0 Å². The molecule has 0 aliphatic carbocycles. The lowest BCUT2D eigenvalue weighted by Crippen LogP contribution is -2.50. The second-order valence-corrected chi connectivity index (χ2v) is 8.79. The van der Waals surface area contributed by atoms with Crippen LogP contribution >= 0.6 is 0 Å². The molecular weight excluding hydrogens is 402 g/mol. The van der Waals surface area contributed by atoms with Gasteiger partial charge in [0.05, 0.1) is 16.6 Å². The van der Waals surface area contributed by atoms with E-state index < -0.39 is 0 Å². The van der Waals surface area contributed by atoms with Crippen molar-refractivity contribution in [3.05, 3.63) is 58.4 Å². The van der Waals surface area contributed by atoms with Gasteiger partial charge < -0.3 is 9.80 Å². The summed E-state index contributed by atoms with van der Waals surface area (Å²) in [5.41, 5.74) is 4.99. The molecule has 1 aliphatic heterocycles. The number of hydrogen-bond acceptors (Lipinski definition) is 4. The van der Waals surface area contributed by atoms with E-state index >= 15 is 0 Å². The highest BCUT2D eigenvalue weighted by molar-refractivity contribution is 6.06. The SMILES string of the molecule is CCc1ccc(C(=O)N2CCN(C(=O)c3cc(C(C)C)nc4c3c(C)nn4C)CC2)cc1. The smallest absolute Gasteiger partial charge is 0.254 e. The van der Waals surface area contributed by atoms with E-state index in [1.807, 2.05) is 54.1 Å². The molecule has 7 nitrogen and oxygen atoms in total. The Bertz CT molecular complexity index is 1160. The summed E-state index contributed by atoms with van der Waals surface area (Å²) in [7, 11) is 1.86. The van der Waals surface area contributed by atoms with Crippen LogP contribution < -0.4 is 0 Å². The first-order valence-electron chi connectivity index (χ1n) is 11.3. The third kappa shape index (κ3) is 3.99. The van der Waals surface area contributed by atoms with Crippen LogP contribution in [0.1, 0.15) is 64.4 Å². The lowest BCUT2D eigenvalue weighted by molar-refractivity contribution is 0.0536. The summed E-state index contributed by atoms with van der Waals surface area (Å²) in [5, 5.41) is 5.31. The highest BCUT2D eigenvalue weighted by atomic mass is 16.2. The molecule has 0 spiro atoms. The number of carbonyl (C=O) groups excluding carboxylic acids is 2. The number of aryl methyl sites for hydroxylation is 3. The van der Waals surface area contributed by atoms with Gasteiger partial charge in [-0.05, 0) is 43.0 Å². The molecule has 7 heteroatoms. The van der Waals surface area contributed by atoms with E-state index in [9.17, 15) is 9.59 Å². The van der Waals surface area contributed by atoms with Crippen molar-refractivity contribution in [2.45, 2.75) is 40.0 Å².